The second kappa shape index (κ2) is 19.1. The molecule has 2 atom stereocenters. The van der Waals surface area contributed by atoms with Crippen molar-refractivity contribution in [3.63, 3.8) is 0 Å². The first-order chi connectivity index (χ1) is 34.3. The number of nitrogens with one attached hydrogen (secondary N) is 3. The molecule has 370 valence electrons. The van der Waals surface area contributed by atoms with E-state index in [4.69, 9.17) is 21.3 Å². The lowest BCUT2D eigenvalue weighted by atomic mass is 9.98. The van der Waals surface area contributed by atoms with Crippen molar-refractivity contribution in [2.45, 2.75) is 62.9 Å². The second-order valence-corrected chi connectivity index (χ2v) is 23.7. The van der Waals surface area contributed by atoms with E-state index in [-0.39, 0.29) is 18.7 Å². The van der Waals surface area contributed by atoms with E-state index in [1.54, 1.807) is 51.2 Å². The van der Waals surface area contributed by atoms with Gasteiger partial charge in [0, 0.05) is 101 Å². The SMILES string of the molecule is COc1cc(N2CCC(N3CCN(CC4CCN(c5ccc6c(c5)C(=O)N(C5CCC(=O)NC5=O)C6=O)C4)CC3)CC2)c(C2CC2)cc1Nc1ncc(Cl)c(Nc2ccc3nccnc3c2P(C)(C)=O)n1. The van der Waals surface area contributed by atoms with Crippen LogP contribution in [0.3, 0.4) is 0 Å². The molecule has 7 heterocycles. The molecule has 3 N–H and O–H groups in total. The van der Waals surface area contributed by atoms with Gasteiger partial charge in [-0.15, -0.1) is 0 Å². The van der Waals surface area contributed by atoms with Gasteiger partial charge >= 0.3 is 0 Å². The predicted octanol–water partition coefficient (Wildman–Crippen LogP) is 6.21. The maximum absolute atomic E-state index is 13.6. The molecule has 0 radical (unpaired) electrons. The number of hydrogen-bond donors (Lipinski definition) is 3. The highest BCUT2D eigenvalue weighted by Gasteiger charge is 2.45. The average molecular weight is 1000 g/mol. The number of ether oxygens (including phenoxy) is 1. The summed E-state index contributed by atoms with van der Waals surface area (Å²) in [7, 11) is -1.12. The third-order valence-corrected chi connectivity index (χ3v) is 16.9. The van der Waals surface area contributed by atoms with Crippen molar-refractivity contribution >= 4 is 93.2 Å². The van der Waals surface area contributed by atoms with Gasteiger partial charge < -0.3 is 34.6 Å². The number of amides is 4. The van der Waals surface area contributed by atoms with Crippen LogP contribution >= 0.6 is 18.7 Å². The normalized spacial score (nSPS) is 21.5. The van der Waals surface area contributed by atoms with Crippen LogP contribution < -0.4 is 35.8 Å². The maximum atomic E-state index is 13.6. The molecular weight excluding hydrogens is 943 g/mol. The number of rotatable bonds is 13. The summed E-state index contributed by atoms with van der Waals surface area (Å²) in [6.07, 6.45) is 10.5. The summed E-state index contributed by atoms with van der Waals surface area (Å²) in [6.45, 7) is 12.3. The van der Waals surface area contributed by atoms with Crippen molar-refractivity contribution in [2.75, 3.05) is 99.8 Å². The predicted molar refractivity (Wildman–Crippen MR) is 274 cm³/mol. The zero-order valence-corrected chi connectivity index (χ0v) is 41.8. The van der Waals surface area contributed by atoms with Gasteiger partial charge in [-0.25, -0.2) is 4.98 Å². The van der Waals surface area contributed by atoms with Gasteiger partial charge in [0.15, 0.2) is 5.82 Å². The number of hydrogen-bond acceptors (Lipinski definition) is 16. The Morgan fingerprint density at radius 3 is 2.31 bits per heavy atom. The van der Waals surface area contributed by atoms with Crippen molar-refractivity contribution in [3.8, 4) is 5.75 Å². The van der Waals surface area contributed by atoms with E-state index in [9.17, 15) is 23.7 Å². The minimum absolute atomic E-state index is 0.0948. The van der Waals surface area contributed by atoms with Crippen molar-refractivity contribution < 1.29 is 28.5 Å². The Morgan fingerprint density at radius 2 is 1.56 bits per heavy atom. The Balaban J connectivity index is 0.688. The minimum Gasteiger partial charge on any atom is -0.494 e. The van der Waals surface area contributed by atoms with E-state index in [0.29, 0.717) is 73.6 Å². The van der Waals surface area contributed by atoms with Crippen LogP contribution in [-0.4, -0.2) is 150 Å². The number of imide groups is 2. The summed E-state index contributed by atoms with van der Waals surface area (Å²) in [4.78, 5) is 80.3. The van der Waals surface area contributed by atoms with Gasteiger partial charge in [0.1, 0.15) is 29.5 Å². The maximum Gasteiger partial charge on any atom is 0.262 e. The van der Waals surface area contributed by atoms with E-state index in [1.807, 2.05) is 18.2 Å². The zero-order chi connectivity index (χ0) is 49.1. The lowest BCUT2D eigenvalue weighted by Crippen LogP contribution is -2.54. The molecular formula is C51H58ClN12O6P. The van der Waals surface area contributed by atoms with Gasteiger partial charge in [-0.3, -0.25) is 44.3 Å². The van der Waals surface area contributed by atoms with Crippen LogP contribution in [0, 0.1) is 5.92 Å². The van der Waals surface area contributed by atoms with Crippen LogP contribution in [0.4, 0.5) is 34.5 Å². The summed E-state index contributed by atoms with van der Waals surface area (Å²) in [6, 6.07) is 13.0. The van der Waals surface area contributed by atoms with Gasteiger partial charge in [-0.05, 0) is 106 Å². The molecule has 1 saturated carbocycles. The van der Waals surface area contributed by atoms with Gasteiger partial charge in [0.2, 0.25) is 17.8 Å². The number of carbonyl (C=O) groups excluding carboxylic acids is 4. The Labute approximate surface area is 417 Å². The number of fused-ring (bicyclic) bond motifs is 2. The summed E-state index contributed by atoms with van der Waals surface area (Å²) in [5.74, 6) is 0.435. The number of aromatic nitrogens is 4. The number of methoxy groups -OCH3 is 1. The highest BCUT2D eigenvalue weighted by Crippen LogP contribution is 2.49. The second-order valence-electron chi connectivity index (χ2n) is 20.1. The molecule has 4 saturated heterocycles. The number of halogens is 1. The molecule has 71 heavy (non-hydrogen) atoms. The number of carbonyl (C=O) groups is 4. The van der Waals surface area contributed by atoms with E-state index in [0.717, 1.165) is 107 Å². The fraction of sp³-hybridized carbons (Fsp3) is 0.451. The molecule has 0 bridgehead atoms. The van der Waals surface area contributed by atoms with Gasteiger partial charge in [0.05, 0.1) is 46.6 Å². The van der Waals surface area contributed by atoms with Crippen LogP contribution in [0.5, 0.6) is 5.75 Å². The topological polar surface area (TPSA) is 198 Å². The molecule has 4 amide bonds. The quantitative estimate of drug-likeness (QED) is 0.0888. The zero-order valence-electron chi connectivity index (χ0n) is 40.2. The Bertz CT molecular complexity index is 3010. The molecule has 5 fully saturated rings. The summed E-state index contributed by atoms with van der Waals surface area (Å²) < 4.78 is 19.6. The fourth-order valence-corrected chi connectivity index (χ4v) is 12.8. The molecule has 11 rings (SSSR count). The van der Waals surface area contributed by atoms with Crippen molar-refractivity contribution in [2.24, 2.45) is 5.92 Å². The third-order valence-electron chi connectivity index (χ3n) is 15.1. The summed E-state index contributed by atoms with van der Waals surface area (Å²) >= 11 is 6.66. The van der Waals surface area contributed by atoms with Gasteiger partial charge in [-0.1, -0.05) is 11.6 Å². The highest BCUT2D eigenvalue weighted by atomic mass is 35.5. The summed E-state index contributed by atoms with van der Waals surface area (Å²) in [5, 5.41) is 9.89. The van der Waals surface area contributed by atoms with E-state index >= 15 is 0 Å². The molecule has 1 aliphatic carbocycles. The molecule has 0 spiro atoms. The molecule has 3 aromatic carbocycles. The third kappa shape index (κ3) is 9.42. The molecule has 2 aromatic heterocycles. The van der Waals surface area contributed by atoms with E-state index < -0.39 is 30.9 Å². The first kappa shape index (κ1) is 47.1. The Morgan fingerprint density at radius 1 is 0.803 bits per heavy atom. The number of piperazine rings is 1. The largest absolute Gasteiger partial charge is 0.494 e. The fourth-order valence-electron chi connectivity index (χ4n) is 11.3. The minimum atomic E-state index is -2.81. The lowest BCUT2D eigenvalue weighted by Gasteiger charge is -2.44. The monoisotopic (exact) mass is 1000 g/mol. The average Bonchev–Trinajstić information content (AvgIpc) is 4.06. The van der Waals surface area contributed by atoms with Crippen LogP contribution in [0.2, 0.25) is 5.02 Å². The lowest BCUT2D eigenvalue weighted by molar-refractivity contribution is -0.136. The summed E-state index contributed by atoms with van der Waals surface area (Å²) in [5.41, 5.74) is 6.67. The molecule has 18 nitrogen and oxygen atoms in total. The highest BCUT2D eigenvalue weighted by molar-refractivity contribution is 7.71. The van der Waals surface area contributed by atoms with Gasteiger partial charge in [0.25, 0.3) is 11.8 Å². The van der Waals surface area contributed by atoms with Gasteiger partial charge in [-0.2, -0.15) is 4.98 Å². The number of anilines is 6. The first-order valence-corrected chi connectivity index (χ1v) is 27.7. The standard InChI is InChI=1S/C51H58ClN12O6P/c1-70-43-26-42(35(31-4-5-31)25-40(43)57-51-55-27-37(52)47(59-51)56-39-9-8-38-45(54-16-15-53-38)46(39)71(2,3)69)62-18-13-32(14-19-62)61-22-20-60(21-23-61)28-30-12-17-63(29-30)33-6-7-34-36(24-33)50(68)64(49(34)67)41-10-11-44(65)58-48(41)66/h6-9,15-16,24-27,30-32,41H,4-5,10-14,17-23,28-29H2,1-3H3,(H,58,65,66)(H2,55,56,57,59). The molecule has 5 aliphatic heterocycles. The van der Waals surface area contributed by atoms with Crippen LogP contribution in [0.25, 0.3) is 11.0 Å². The molecule has 5 aromatic rings. The number of benzene rings is 3. The smallest absolute Gasteiger partial charge is 0.262 e. The number of nitrogens with zero attached hydrogens (tertiary/aromatic N) is 9. The molecule has 2 unspecified atom stereocenters. The van der Waals surface area contributed by atoms with Crippen LogP contribution in [0.1, 0.15) is 77.1 Å². The Hall–Kier alpha value is -6.20. The first-order valence-electron chi connectivity index (χ1n) is 24.7. The van der Waals surface area contributed by atoms with Crippen molar-refractivity contribution in [1.82, 2.24) is 40.0 Å². The van der Waals surface area contributed by atoms with E-state index in [2.05, 4.69) is 62.6 Å². The molecule has 6 aliphatic rings. The van der Waals surface area contributed by atoms with Crippen molar-refractivity contribution in [3.05, 3.63) is 82.8 Å². The van der Waals surface area contributed by atoms with Crippen LogP contribution in [-0.2, 0) is 14.2 Å². The van der Waals surface area contributed by atoms with E-state index in [1.165, 1.54) is 11.3 Å². The van der Waals surface area contributed by atoms with Crippen LogP contribution in [0.15, 0.2) is 61.1 Å². The Kier molecular flexibility index (Phi) is 12.7. The number of piperidine rings is 2. The van der Waals surface area contributed by atoms with Crippen molar-refractivity contribution in [1.29, 1.82) is 0 Å². The molecule has 20 heteroatoms.